The number of aliphatic hydroxyl groups is 1. The van der Waals surface area contributed by atoms with Crippen LogP contribution in [0.2, 0.25) is 0 Å². The van der Waals surface area contributed by atoms with Crippen LogP contribution in [0, 0.1) is 6.42 Å². The Labute approximate surface area is 38.0 Å². The molecule has 6 heavy (non-hydrogen) atoms. The summed E-state index contributed by atoms with van der Waals surface area (Å²) in [4.78, 5) is 0. The largest absolute Gasteiger partial charge is 0.376 e. The minimum atomic E-state index is -1.08. The first-order valence-electron chi connectivity index (χ1n) is 1.88. The minimum absolute atomic E-state index is 1.08. The smallest absolute Gasteiger partial charge is 0.113 e. The Kier molecular flexibility index (Phi) is 1.56. The summed E-state index contributed by atoms with van der Waals surface area (Å²) in [6.45, 7) is 3.23. The molecular formula is C4H10NO. The molecule has 2 nitrogen and oxygen atoms in total. The van der Waals surface area contributed by atoms with Crippen molar-refractivity contribution in [3.05, 3.63) is 6.42 Å². The van der Waals surface area contributed by atoms with Crippen LogP contribution in [0.15, 0.2) is 0 Å². The molecule has 0 heterocycles. The van der Waals surface area contributed by atoms with Crippen molar-refractivity contribution >= 4 is 0 Å². The third-order valence-corrected chi connectivity index (χ3v) is 0.584. The fourth-order valence-electron chi connectivity index (χ4n) is 0. The lowest BCUT2D eigenvalue weighted by atomic mass is 10.2. The average Bonchev–Trinajstić information content (AvgIpc) is 1.35. The Morgan fingerprint density at radius 2 is 2.00 bits per heavy atom. The van der Waals surface area contributed by atoms with E-state index in [-0.39, 0.29) is 0 Å². The van der Waals surface area contributed by atoms with Gasteiger partial charge >= 0.3 is 0 Å². The fourth-order valence-corrected chi connectivity index (χ4v) is 0. The number of rotatable bonds is 1. The topological polar surface area (TPSA) is 46.2 Å². The van der Waals surface area contributed by atoms with Crippen LogP contribution in [-0.2, 0) is 0 Å². The van der Waals surface area contributed by atoms with E-state index in [0.717, 1.165) is 0 Å². The highest BCUT2D eigenvalue weighted by molar-refractivity contribution is 4.76. The summed E-state index contributed by atoms with van der Waals surface area (Å²) in [7, 11) is 0. The Morgan fingerprint density at radius 3 is 2.00 bits per heavy atom. The van der Waals surface area contributed by atoms with Crippen molar-refractivity contribution in [3.8, 4) is 0 Å². The second-order valence-corrected chi connectivity index (χ2v) is 1.51. The van der Waals surface area contributed by atoms with Gasteiger partial charge in [0.15, 0.2) is 0 Å². The predicted molar refractivity (Wildman–Crippen MR) is 24.8 cm³/mol. The van der Waals surface area contributed by atoms with Crippen LogP contribution in [-0.4, -0.2) is 10.8 Å². The number of nitrogens with two attached hydrogens (primary N) is 1. The fraction of sp³-hybridized carbons (Fsp3) is 0.750. The van der Waals surface area contributed by atoms with E-state index < -0.39 is 5.72 Å². The summed E-state index contributed by atoms with van der Waals surface area (Å²) in [5.74, 6) is 0. The molecule has 0 amide bonds. The first-order valence-corrected chi connectivity index (χ1v) is 1.88. The highest BCUT2D eigenvalue weighted by Gasteiger charge is 2.06. The zero-order valence-corrected chi connectivity index (χ0v) is 4.10. The van der Waals surface area contributed by atoms with Gasteiger partial charge in [0.1, 0.15) is 5.72 Å². The summed E-state index contributed by atoms with van der Waals surface area (Å²) in [5.41, 5.74) is 3.95. The highest BCUT2D eigenvalue weighted by atomic mass is 16.3. The highest BCUT2D eigenvalue weighted by Crippen LogP contribution is 1.93. The molecule has 0 bridgehead atoms. The van der Waals surface area contributed by atoms with Crippen LogP contribution in [0.3, 0.4) is 0 Å². The van der Waals surface area contributed by atoms with E-state index in [1.54, 1.807) is 6.92 Å². The molecule has 0 aromatic carbocycles. The molecule has 0 aliphatic rings. The van der Waals surface area contributed by atoms with Gasteiger partial charge in [-0.15, -0.1) is 0 Å². The molecular weight excluding hydrogens is 78.0 g/mol. The quantitative estimate of drug-likeness (QED) is 0.439. The maximum Gasteiger partial charge on any atom is 0.113 e. The van der Waals surface area contributed by atoms with Gasteiger partial charge in [-0.3, -0.25) is 0 Å². The van der Waals surface area contributed by atoms with Crippen LogP contribution in [0.1, 0.15) is 13.8 Å². The van der Waals surface area contributed by atoms with Crippen molar-refractivity contribution < 1.29 is 5.11 Å². The maximum absolute atomic E-state index is 8.55. The van der Waals surface area contributed by atoms with Crippen molar-refractivity contribution in [2.75, 3.05) is 0 Å². The second kappa shape index (κ2) is 1.58. The zero-order valence-electron chi connectivity index (χ0n) is 4.10. The molecule has 0 aliphatic heterocycles. The Bertz CT molecular complexity index is 37.3. The molecule has 1 radical (unpaired) electrons. The summed E-state index contributed by atoms with van der Waals surface area (Å²) >= 11 is 0. The standard InChI is InChI=1S/C4H10NO/c1-3-4(2,5)6/h3,6H,5H2,1-2H3. The molecule has 3 N–H and O–H groups in total. The molecule has 0 saturated carbocycles. The van der Waals surface area contributed by atoms with E-state index in [1.807, 2.05) is 0 Å². The zero-order chi connectivity index (χ0) is 5.21. The summed E-state index contributed by atoms with van der Waals surface area (Å²) in [6, 6.07) is 0. The Morgan fingerprint density at radius 1 is 1.83 bits per heavy atom. The molecule has 0 aliphatic carbocycles. The molecule has 1 unspecified atom stereocenters. The van der Waals surface area contributed by atoms with Crippen molar-refractivity contribution in [2.24, 2.45) is 5.73 Å². The van der Waals surface area contributed by atoms with Gasteiger partial charge in [0, 0.05) is 6.42 Å². The lowest BCUT2D eigenvalue weighted by Gasteiger charge is -2.11. The number of hydrogen-bond donors (Lipinski definition) is 2. The van der Waals surface area contributed by atoms with Gasteiger partial charge in [0.2, 0.25) is 0 Å². The van der Waals surface area contributed by atoms with Gasteiger partial charge in [0.25, 0.3) is 0 Å². The van der Waals surface area contributed by atoms with Gasteiger partial charge in [-0.05, 0) is 6.92 Å². The lowest BCUT2D eigenvalue weighted by molar-refractivity contribution is 0.102. The lowest BCUT2D eigenvalue weighted by Crippen LogP contribution is -2.34. The molecule has 0 rings (SSSR count). The molecule has 0 fully saturated rings. The van der Waals surface area contributed by atoms with Crippen LogP contribution >= 0.6 is 0 Å². The van der Waals surface area contributed by atoms with E-state index in [2.05, 4.69) is 0 Å². The maximum atomic E-state index is 8.55. The summed E-state index contributed by atoms with van der Waals surface area (Å²) in [6.07, 6.45) is 1.52. The molecule has 0 aromatic rings. The predicted octanol–water partition coefficient (Wildman–Crippen LogP) is -0.122. The summed E-state index contributed by atoms with van der Waals surface area (Å²) in [5, 5.41) is 8.55. The third kappa shape index (κ3) is 3.92. The van der Waals surface area contributed by atoms with Crippen LogP contribution in [0.25, 0.3) is 0 Å². The molecule has 2 heteroatoms. The van der Waals surface area contributed by atoms with E-state index in [9.17, 15) is 0 Å². The minimum Gasteiger partial charge on any atom is -0.376 e. The van der Waals surface area contributed by atoms with E-state index in [4.69, 9.17) is 10.8 Å². The monoisotopic (exact) mass is 88.1 g/mol. The van der Waals surface area contributed by atoms with Crippen LogP contribution in [0.5, 0.6) is 0 Å². The van der Waals surface area contributed by atoms with Gasteiger partial charge in [-0.2, -0.15) is 0 Å². The van der Waals surface area contributed by atoms with Crippen molar-refractivity contribution in [1.29, 1.82) is 0 Å². The van der Waals surface area contributed by atoms with Crippen molar-refractivity contribution in [3.63, 3.8) is 0 Å². The second-order valence-electron chi connectivity index (χ2n) is 1.51. The van der Waals surface area contributed by atoms with Crippen molar-refractivity contribution in [2.45, 2.75) is 19.6 Å². The Balaban J connectivity index is 3.17. The van der Waals surface area contributed by atoms with Crippen molar-refractivity contribution in [1.82, 2.24) is 0 Å². The molecule has 1 atom stereocenters. The van der Waals surface area contributed by atoms with E-state index in [0.29, 0.717) is 0 Å². The van der Waals surface area contributed by atoms with E-state index in [1.165, 1.54) is 13.3 Å². The first kappa shape index (κ1) is 5.92. The molecule has 0 aromatic heterocycles. The molecule has 0 saturated heterocycles. The summed E-state index contributed by atoms with van der Waals surface area (Å²) < 4.78 is 0. The van der Waals surface area contributed by atoms with Gasteiger partial charge in [-0.1, -0.05) is 6.92 Å². The van der Waals surface area contributed by atoms with Gasteiger partial charge < -0.3 is 10.8 Å². The molecule has 0 spiro atoms. The van der Waals surface area contributed by atoms with Crippen LogP contribution < -0.4 is 5.73 Å². The normalized spacial score (nSPS) is 20.0. The first-order chi connectivity index (χ1) is 2.56. The molecule has 37 valence electrons. The SMILES string of the molecule is C[CH]C(C)(N)O. The third-order valence-electron chi connectivity index (χ3n) is 0.584. The Hall–Kier alpha value is -0.0800. The van der Waals surface area contributed by atoms with Gasteiger partial charge in [-0.25, -0.2) is 0 Å². The average molecular weight is 88.1 g/mol. The number of hydrogen-bond acceptors (Lipinski definition) is 2. The van der Waals surface area contributed by atoms with Crippen LogP contribution in [0.4, 0.5) is 0 Å². The van der Waals surface area contributed by atoms with Gasteiger partial charge in [0.05, 0.1) is 0 Å². The van der Waals surface area contributed by atoms with E-state index >= 15 is 0 Å².